The molecule has 1 N–H and O–H groups in total. The fourth-order valence-electron chi connectivity index (χ4n) is 3.94. The minimum Gasteiger partial charge on any atom is -0.462 e. The predicted molar refractivity (Wildman–Crippen MR) is 153 cm³/mol. The number of esters is 1. The van der Waals surface area contributed by atoms with Gasteiger partial charge in [-0.15, -0.1) is 0 Å². The van der Waals surface area contributed by atoms with Crippen molar-refractivity contribution < 1.29 is 22.7 Å². The zero-order chi connectivity index (χ0) is 28.0. The Morgan fingerprint density at radius 2 is 1.59 bits per heavy atom. The molecule has 0 aliphatic heterocycles. The molecule has 0 aromatic heterocycles. The lowest BCUT2D eigenvalue weighted by Gasteiger charge is -2.26. The number of halogens is 1. The second-order valence-electron chi connectivity index (χ2n) is 8.71. The minimum absolute atomic E-state index is 0.0297. The van der Waals surface area contributed by atoms with Gasteiger partial charge in [0.05, 0.1) is 29.3 Å². The molecule has 39 heavy (non-hydrogen) atoms. The zero-order valence-electron chi connectivity index (χ0n) is 21.4. The molecule has 0 unspecified atom stereocenters. The number of nitrogens with zero attached hydrogens (tertiary/aromatic N) is 1. The van der Waals surface area contributed by atoms with Crippen LogP contribution in [-0.4, -0.2) is 26.9 Å². The third kappa shape index (κ3) is 6.66. The molecule has 0 aliphatic carbocycles. The average Bonchev–Trinajstić information content (AvgIpc) is 2.94. The monoisotopic (exact) mass is 562 g/mol. The lowest BCUT2D eigenvalue weighted by atomic mass is 10.1. The van der Waals surface area contributed by atoms with E-state index in [9.17, 15) is 18.0 Å². The molecule has 0 atom stereocenters. The van der Waals surface area contributed by atoms with E-state index >= 15 is 0 Å². The summed E-state index contributed by atoms with van der Waals surface area (Å²) in [4.78, 5) is 25.0. The van der Waals surface area contributed by atoms with Crippen LogP contribution in [0.25, 0.3) is 0 Å². The van der Waals surface area contributed by atoms with Crippen LogP contribution < -0.4 is 9.62 Å². The summed E-state index contributed by atoms with van der Waals surface area (Å²) in [6.45, 7) is 3.83. The predicted octanol–water partition coefficient (Wildman–Crippen LogP) is 6.47. The number of carbonyl (C=O) groups is 2. The Bertz CT molecular complexity index is 1590. The molecule has 0 aliphatic rings. The van der Waals surface area contributed by atoms with Gasteiger partial charge in [-0.3, -0.25) is 9.10 Å². The average molecular weight is 563 g/mol. The van der Waals surface area contributed by atoms with E-state index in [1.807, 2.05) is 6.92 Å². The Morgan fingerprint density at radius 3 is 2.28 bits per heavy atom. The molecule has 0 heterocycles. The minimum atomic E-state index is -3.92. The van der Waals surface area contributed by atoms with Gasteiger partial charge in [0.15, 0.2) is 0 Å². The molecule has 4 aromatic rings. The van der Waals surface area contributed by atoms with E-state index in [1.165, 1.54) is 4.31 Å². The van der Waals surface area contributed by atoms with Crippen LogP contribution in [0.5, 0.6) is 0 Å². The maximum atomic E-state index is 13.7. The van der Waals surface area contributed by atoms with Gasteiger partial charge in [-0.05, 0) is 79.6 Å². The normalized spacial score (nSPS) is 11.1. The Morgan fingerprint density at radius 1 is 0.872 bits per heavy atom. The number of hydrogen-bond donors (Lipinski definition) is 1. The molecule has 0 spiro atoms. The highest BCUT2D eigenvalue weighted by Crippen LogP contribution is 2.31. The standard InChI is InChI=1S/C30H27ClN2O5S/c1-3-38-30(35)24-8-7-9-26(18-24)32-29(34)23-15-13-22(14-16-23)20-33(28-19-25(31)17-12-21(28)2)39(36,37)27-10-5-4-6-11-27/h4-19H,3,20H2,1-2H3,(H,32,34). The van der Waals surface area contributed by atoms with Crippen LogP contribution in [-0.2, 0) is 21.3 Å². The number of rotatable bonds is 9. The summed E-state index contributed by atoms with van der Waals surface area (Å²) in [5, 5.41) is 3.19. The first-order valence-corrected chi connectivity index (χ1v) is 14.0. The van der Waals surface area contributed by atoms with Gasteiger partial charge in [-0.2, -0.15) is 0 Å². The molecule has 0 radical (unpaired) electrons. The summed E-state index contributed by atoms with van der Waals surface area (Å²) in [5.41, 5.74) is 3.05. The second kappa shape index (κ2) is 12.1. The zero-order valence-corrected chi connectivity index (χ0v) is 23.0. The van der Waals surface area contributed by atoms with Gasteiger partial charge in [0.1, 0.15) is 0 Å². The highest BCUT2D eigenvalue weighted by molar-refractivity contribution is 7.92. The van der Waals surface area contributed by atoms with Gasteiger partial charge in [-0.25, -0.2) is 13.2 Å². The number of carbonyl (C=O) groups excluding carboxylic acids is 2. The topological polar surface area (TPSA) is 92.8 Å². The third-order valence-corrected chi connectivity index (χ3v) is 7.95. The smallest absolute Gasteiger partial charge is 0.338 e. The summed E-state index contributed by atoms with van der Waals surface area (Å²) in [7, 11) is -3.92. The Labute approximate surface area is 233 Å². The van der Waals surface area contributed by atoms with Crippen molar-refractivity contribution >= 4 is 44.9 Å². The van der Waals surface area contributed by atoms with Gasteiger partial charge >= 0.3 is 5.97 Å². The number of amides is 1. The first kappa shape index (κ1) is 27.9. The van der Waals surface area contributed by atoms with Crippen molar-refractivity contribution in [1.82, 2.24) is 0 Å². The van der Waals surface area contributed by atoms with Gasteiger partial charge in [-0.1, -0.05) is 54.1 Å². The summed E-state index contributed by atoms with van der Waals surface area (Å²) < 4.78 is 33.7. The Balaban J connectivity index is 1.58. The Hall–Kier alpha value is -4.14. The maximum Gasteiger partial charge on any atom is 0.338 e. The second-order valence-corrected chi connectivity index (χ2v) is 11.0. The van der Waals surface area contributed by atoms with E-state index in [-0.39, 0.29) is 24.0 Å². The molecule has 0 saturated heterocycles. The van der Waals surface area contributed by atoms with Crippen LogP contribution in [0.15, 0.2) is 102 Å². The van der Waals surface area contributed by atoms with E-state index in [1.54, 1.807) is 104 Å². The van der Waals surface area contributed by atoms with Crippen LogP contribution in [0.4, 0.5) is 11.4 Å². The number of ether oxygens (including phenoxy) is 1. The molecule has 0 bridgehead atoms. The van der Waals surface area contributed by atoms with Crippen molar-refractivity contribution in [3.8, 4) is 0 Å². The first-order valence-electron chi connectivity index (χ1n) is 12.2. The van der Waals surface area contributed by atoms with Crippen molar-refractivity contribution in [2.45, 2.75) is 25.3 Å². The highest BCUT2D eigenvalue weighted by atomic mass is 35.5. The molecule has 7 nitrogen and oxygen atoms in total. The van der Waals surface area contributed by atoms with Crippen LogP contribution in [0.1, 0.15) is 38.8 Å². The first-order chi connectivity index (χ1) is 18.7. The molecule has 0 fully saturated rings. The molecule has 200 valence electrons. The highest BCUT2D eigenvalue weighted by Gasteiger charge is 2.26. The van der Waals surface area contributed by atoms with Gasteiger partial charge in [0, 0.05) is 16.3 Å². The van der Waals surface area contributed by atoms with Crippen molar-refractivity contribution in [3.05, 3.63) is 124 Å². The van der Waals surface area contributed by atoms with Crippen molar-refractivity contribution in [1.29, 1.82) is 0 Å². The number of anilines is 2. The number of hydrogen-bond acceptors (Lipinski definition) is 5. The number of nitrogens with one attached hydrogen (secondary N) is 1. The fourth-order valence-corrected chi connectivity index (χ4v) is 5.64. The fraction of sp³-hybridized carbons (Fsp3) is 0.133. The van der Waals surface area contributed by atoms with Gasteiger partial charge < -0.3 is 10.1 Å². The lowest BCUT2D eigenvalue weighted by molar-refractivity contribution is 0.0526. The largest absolute Gasteiger partial charge is 0.462 e. The molecule has 4 aromatic carbocycles. The molecular formula is C30H27ClN2O5S. The summed E-state index contributed by atoms with van der Waals surface area (Å²) in [6.07, 6.45) is 0. The quantitative estimate of drug-likeness (QED) is 0.236. The molecule has 1 amide bonds. The molecule has 9 heteroatoms. The number of sulfonamides is 1. The molecule has 4 rings (SSSR count). The number of aryl methyl sites for hydroxylation is 1. The number of benzene rings is 4. The van der Waals surface area contributed by atoms with Crippen molar-refractivity contribution in [2.75, 3.05) is 16.2 Å². The van der Waals surface area contributed by atoms with E-state index < -0.39 is 16.0 Å². The lowest BCUT2D eigenvalue weighted by Crippen LogP contribution is -2.31. The summed E-state index contributed by atoms with van der Waals surface area (Å²) >= 11 is 6.23. The van der Waals surface area contributed by atoms with E-state index in [2.05, 4.69) is 5.32 Å². The summed E-state index contributed by atoms with van der Waals surface area (Å²) in [5.74, 6) is -0.843. The molecule has 0 saturated carbocycles. The maximum absolute atomic E-state index is 13.7. The van der Waals surface area contributed by atoms with E-state index in [0.29, 0.717) is 33.1 Å². The summed E-state index contributed by atoms with van der Waals surface area (Å²) in [6, 6.07) is 26.5. The van der Waals surface area contributed by atoms with Crippen molar-refractivity contribution in [3.63, 3.8) is 0 Å². The van der Waals surface area contributed by atoms with Crippen molar-refractivity contribution in [2.24, 2.45) is 0 Å². The van der Waals surface area contributed by atoms with Crippen LogP contribution in [0, 0.1) is 6.92 Å². The third-order valence-electron chi connectivity index (χ3n) is 5.94. The van der Waals surface area contributed by atoms with Crippen LogP contribution >= 0.6 is 11.6 Å². The Kier molecular flexibility index (Phi) is 8.69. The van der Waals surface area contributed by atoms with Gasteiger partial charge in [0.2, 0.25) is 0 Å². The van der Waals surface area contributed by atoms with E-state index in [0.717, 1.165) is 5.56 Å². The SMILES string of the molecule is CCOC(=O)c1cccc(NC(=O)c2ccc(CN(c3cc(Cl)ccc3C)S(=O)(=O)c3ccccc3)cc2)c1. The van der Waals surface area contributed by atoms with Gasteiger partial charge in [0.25, 0.3) is 15.9 Å². The van der Waals surface area contributed by atoms with E-state index in [4.69, 9.17) is 16.3 Å². The van der Waals surface area contributed by atoms with Crippen LogP contribution in [0.3, 0.4) is 0 Å². The molecular weight excluding hydrogens is 536 g/mol. The van der Waals surface area contributed by atoms with Crippen LogP contribution in [0.2, 0.25) is 5.02 Å².